The van der Waals surface area contributed by atoms with Crippen LogP contribution in [0.3, 0.4) is 0 Å². The number of likely N-dealkylation sites (N-methyl/N-ethyl adjacent to an activating group) is 1. The number of hydrogen-bond donors (Lipinski definition) is 1. The molecular weight excluding hydrogens is 214 g/mol. The lowest BCUT2D eigenvalue weighted by atomic mass is 10.0. The van der Waals surface area contributed by atoms with E-state index in [0.717, 1.165) is 64.4 Å². The zero-order valence-electron chi connectivity index (χ0n) is 11.0. The average Bonchev–Trinajstić information content (AvgIpc) is 2.74. The lowest BCUT2D eigenvalue weighted by Crippen LogP contribution is -2.34. The molecular formula is C13H25N3O. The normalized spacial score (nSPS) is 27.1. The summed E-state index contributed by atoms with van der Waals surface area (Å²) in [6.45, 7) is 6.25. The first-order valence-corrected chi connectivity index (χ1v) is 6.93. The molecule has 4 nitrogen and oxygen atoms in total. The standard InChI is InChI=1S/C13H25N3O/c1-15-7-2-8-16(10-9-15)13(17)4-3-12-5-6-14-11-12/h12,14H,2-11H2,1H3. The zero-order valence-corrected chi connectivity index (χ0v) is 11.0. The molecule has 0 aromatic heterocycles. The lowest BCUT2D eigenvalue weighted by Gasteiger charge is -2.21. The second-order valence-electron chi connectivity index (χ2n) is 5.44. The van der Waals surface area contributed by atoms with Crippen LogP contribution in [-0.2, 0) is 4.79 Å². The number of amides is 1. The predicted octanol–water partition coefficient (Wildman–Crippen LogP) is 0.540. The Hall–Kier alpha value is -0.610. The van der Waals surface area contributed by atoms with Crippen molar-refractivity contribution < 1.29 is 4.79 Å². The van der Waals surface area contributed by atoms with Crippen LogP contribution in [-0.4, -0.2) is 62.0 Å². The molecule has 2 aliphatic rings. The Kier molecular flexibility index (Phi) is 4.80. The molecule has 0 aromatic carbocycles. The Morgan fingerprint density at radius 2 is 2.18 bits per heavy atom. The lowest BCUT2D eigenvalue weighted by molar-refractivity contribution is -0.131. The van der Waals surface area contributed by atoms with Gasteiger partial charge in [0.1, 0.15) is 0 Å². The van der Waals surface area contributed by atoms with Gasteiger partial charge >= 0.3 is 0 Å². The molecule has 0 spiro atoms. The van der Waals surface area contributed by atoms with Gasteiger partial charge in [-0.25, -0.2) is 0 Å². The number of nitrogens with zero attached hydrogens (tertiary/aromatic N) is 2. The van der Waals surface area contributed by atoms with E-state index in [2.05, 4.69) is 22.2 Å². The van der Waals surface area contributed by atoms with Gasteiger partial charge in [0.15, 0.2) is 0 Å². The van der Waals surface area contributed by atoms with Crippen molar-refractivity contribution >= 4 is 5.91 Å². The predicted molar refractivity (Wildman–Crippen MR) is 68.9 cm³/mol. The molecule has 0 aromatic rings. The number of hydrogen-bond acceptors (Lipinski definition) is 3. The molecule has 1 atom stereocenters. The van der Waals surface area contributed by atoms with Crippen molar-refractivity contribution in [3.8, 4) is 0 Å². The van der Waals surface area contributed by atoms with Crippen molar-refractivity contribution in [2.45, 2.75) is 25.7 Å². The second-order valence-corrected chi connectivity index (χ2v) is 5.44. The monoisotopic (exact) mass is 239 g/mol. The van der Waals surface area contributed by atoms with E-state index in [1.165, 1.54) is 6.42 Å². The first-order valence-electron chi connectivity index (χ1n) is 6.93. The van der Waals surface area contributed by atoms with E-state index in [9.17, 15) is 4.79 Å². The Morgan fingerprint density at radius 3 is 2.94 bits per heavy atom. The van der Waals surface area contributed by atoms with Gasteiger partial charge in [-0.2, -0.15) is 0 Å². The first-order chi connectivity index (χ1) is 8.25. The Labute approximate surface area is 104 Å². The van der Waals surface area contributed by atoms with E-state index in [1.807, 2.05) is 0 Å². The Balaban J connectivity index is 1.70. The summed E-state index contributed by atoms with van der Waals surface area (Å²) in [4.78, 5) is 16.5. The summed E-state index contributed by atoms with van der Waals surface area (Å²) in [6.07, 6.45) is 4.18. The highest BCUT2D eigenvalue weighted by Crippen LogP contribution is 2.15. The first kappa shape index (κ1) is 12.8. The van der Waals surface area contributed by atoms with Crippen LogP contribution in [0.1, 0.15) is 25.7 Å². The van der Waals surface area contributed by atoms with Crippen molar-refractivity contribution in [1.29, 1.82) is 0 Å². The van der Waals surface area contributed by atoms with Crippen molar-refractivity contribution in [3.63, 3.8) is 0 Å². The maximum absolute atomic E-state index is 12.1. The van der Waals surface area contributed by atoms with Crippen LogP contribution in [0.2, 0.25) is 0 Å². The van der Waals surface area contributed by atoms with E-state index in [0.29, 0.717) is 5.91 Å². The SMILES string of the molecule is CN1CCCN(C(=O)CCC2CCNC2)CC1. The molecule has 2 rings (SSSR count). The molecule has 2 fully saturated rings. The van der Waals surface area contributed by atoms with E-state index < -0.39 is 0 Å². The van der Waals surface area contributed by atoms with E-state index >= 15 is 0 Å². The highest BCUT2D eigenvalue weighted by atomic mass is 16.2. The van der Waals surface area contributed by atoms with Crippen molar-refractivity contribution in [1.82, 2.24) is 15.1 Å². The fourth-order valence-corrected chi connectivity index (χ4v) is 2.74. The second kappa shape index (κ2) is 6.36. The summed E-state index contributed by atoms with van der Waals surface area (Å²) in [5.41, 5.74) is 0. The molecule has 0 saturated carbocycles. The molecule has 1 N–H and O–H groups in total. The number of carbonyl (C=O) groups excluding carboxylic acids is 1. The molecule has 2 saturated heterocycles. The van der Waals surface area contributed by atoms with Crippen LogP contribution in [0.15, 0.2) is 0 Å². The van der Waals surface area contributed by atoms with Gasteiger partial charge in [-0.15, -0.1) is 0 Å². The third-order valence-electron chi connectivity index (χ3n) is 4.00. The highest BCUT2D eigenvalue weighted by Gasteiger charge is 2.20. The van der Waals surface area contributed by atoms with Crippen molar-refractivity contribution in [2.75, 3.05) is 46.3 Å². The molecule has 17 heavy (non-hydrogen) atoms. The maximum Gasteiger partial charge on any atom is 0.222 e. The van der Waals surface area contributed by atoms with Crippen LogP contribution >= 0.6 is 0 Å². The summed E-state index contributed by atoms with van der Waals surface area (Å²) >= 11 is 0. The number of carbonyl (C=O) groups is 1. The molecule has 0 bridgehead atoms. The number of rotatable bonds is 3. The summed E-state index contributed by atoms with van der Waals surface area (Å²) in [5.74, 6) is 1.10. The maximum atomic E-state index is 12.1. The average molecular weight is 239 g/mol. The van der Waals surface area contributed by atoms with Gasteiger partial charge in [-0.1, -0.05) is 0 Å². The van der Waals surface area contributed by atoms with E-state index in [1.54, 1.807) is 0 Å². The Morgan fingerprint density at radius 1 is 1.29 bits per heavy atom. The molecule has 1 amide bonds. The van der Waals surface area contributed by atoms with Gasteiger partial charge < -0.3 is 15.1 Å². The molecule has 1 unspecified atom stereocenters. The van der Waals surface area contributed by atoms with Crippen LogP contribution in [0.25, 0.3) is 0 Å². The van der Waals surface area contributed by atoms with Crippen LogP contribution in [0, 0.1) is 5.92 Å². The molecule has 2 heterocycles. The summed E-state index contributed by atoms with van der Waals surface area (Å²) in [6, 6.07) is 0. The van der Waals surface area contributed by atoms with Gasteiger partial charge in [0, 0.05) is 26.1 Å². The van der Waals surface area contributed by atoms with E-state index in [4.69, 9.17) is 0 Å². The largest absolute Gasteiger partial charge is 0.341 e. The topological polar surface area (TPSA) is 35.6 Å². The third-order valence-corrected chi connectivity index (χ3v) is 4.00. The molecule has 2 aliphatic heterocycles. The van der Waals surface area contributed by atoms with Crippen molar-refractivity contribution in [3.05, 3.63) is 0 Å². The number of nitrogens with one attached hydrogen (secondary N) is 1. The van der Waals surface area contributed by atoms with Crippen LogP contribution in [0.4, 0.5) is 0 Å². The van der Waals surface area contributed by atoms with Crippen LogP contribution < -0.4 is 5.32 Å². The molecule has 4 heteroatoms. The molecule has 0 aliphatic carbocycles. The van der Waals surface area contributed by atoms with Crippen molar-refractivity contribution in [2.24, 2.45) is 5.92 Å². The minimum atomic E-state index is 0.368. The smallest absolute Gasteiger partial charge is 0.222 e. The highest BCUT2D eigenvalue weighted by molar-refractivity contribution is 5.76. The molecule has 0 radical (unpaired) electrons. The van der Waals surface area contributed by atoms with Gasteiger partial charge in [0.05, 0.1) is 0 Å². The minimum Gasteiger partial charge on any atom is -0.341 e. The van der Waals surface area contributed by atoms with Crippen LogP contribution in [0.5, 0.6) is 0 Å². The van der Waals surface area contributed by atoms with Gasteiger partial charge in [-0.3, -0.25) is 4.79 Å². The fourth-order valence-electron chi connectivity index (χ4n) is 2.74. The fraction of sp³-hybridized carbons (Fsp3) is 0.923. The third kappa shape index (κ3) is 3.96. The summed E-state index contributed by atoms with van der Waals surface area (Å²) in [5, 5.41) is 3.36. The zero-order chi connectivity index (χ0) is 12.1. The van der Waals surface area contributed by atoms with Gasteiger partial charge in [0.25, 0.3) is 0 Å². The Bertz CT molecular complexity index is 251. The van der Waals surface area contributed by atoms with E-state index in [-0.39, 0.29) is 0 Å². The summed E-state index contributed by atoms with van der Waals surface area (Å²) in [7, 11) is 2.14. The summed E-state index contributed by atoms with van der Waals surface area (Å²) < 4.78 is 0. The minimum absolute atomic E-state index is 0.368. The molecule has 98 valence electrons. The van der Waals surface area contributed by atoms with Gasteiger partial charge in [0.2, 0.25) is 5.91 Å². The quantitative estimate of drug-likeness (QED) is 0.781. The van der Waals surface area contributed by atoms with Gasteiger partial charge in [-0.05, 0) is 51.9 Å².